The molecule has 2 aliphatic rings. The van der Waals surface area contributed by atoms with Gasteiger partial charge < -0.3 is 32.3 Å². The van der Waals surface area contributed by atoms with E-state index in [-0.39, 0.29) is 22.2 Å². The minimum absolute atomic E-state index is 0.177. The third-order valence-corrected chi connectivity index (χ3v) is 16.8. The Morgan fingerprint density at radius 2 is 1.55 bits per heavy atom. The summed E-state index contributed by atoms with van der Waals surface area (Å²) in [6.07, 6.45) is -1.73. The summed E-state index contributed by atoms with van der Waals surface area (Å²) in [6, 6.07) is 0. The molecule has 0 aromatic rings. The molecular weight excluding hydrogens is 432 g/mol. The highest BCUT2D eigenvalue weighted by Crippen LogP contribution is 2.47. The fraction of sp³-hybridized carbons (Fsp3) is 0.909. The highest BCUT2D eigenvalue weighted by atomic mass is 28.5. The Labute approximate surface area is 190 Å². The van der Waals surface area contributed by atoms with E-state index in [1.54, 1.807) is 6.08 Å². The lowest BCUT2D eigenvalue weighted by atomic mass is 9.99. The normalized spacial score (nSPS) is 33.4. The highest BCUT2D eigenvalue weighted by molar-refractivity contribution is 6.83. The Bertz CT molecular complexity index is 568. The number of aliphatic hydroxyl groups is 1. The van der Waals surface area contributed by atoms with Gasteiger partial charge in [0.2, 0.25) is 0 Å². The molecule has 2 rings (SSSR count). The van der Waals surface area contributed by atoms with Gasteiger partial charge in [-0.3, -0.25) is 0 Å². The van der Waals surface area contributed by atoms with E-state index in [2.05, 4.69) is 62.0 Å². The van der Waals surface area contributed by atoms with Gasteiger partial charge in [0.25, 0.3) is 0 Å². The standard InChI is InChI=1S/C22H44O7Si2/c1-11-12-25-21-19(23)22(24-10)27-18-13-26-30(14(2)3,15(4)5)29-31(16(6)7,17(8)9)28-20(18)21/h11,14-23H,1,12-13H2,2-10H3/t18-,19+,20-,21-,22+/m1/s1. The first-order chi connectivity index (χ1) is 14.5. The Morgan fingerprint density at radius 3 is 2.00 bits per heavy atom. The fourth-order valence-corrected chi connectivity index (χ4v) is 16.1. The van der Waals surface area contributed by atoms with Gasteiger partial charge in [-0.1, -0.05) is 61.5 Å². The lowest BCUT2D eigenvalue weighted by molar-refractivity contribution is -0.300. The zero-order chi connectivity index (χ0) is 23.6. The summed E-state index contributed by atoms with van der Waals surface area (Å²) < 4.78 is 38.5. The maximum atomic E-state index is 10.9. The maximum Gasteiger partial charge on any atom is 0.335 e. The van der Waals surface area contributed by atoms with Gasteiger partial charge in [0.1, 0.15) is 24.4 Å². The molecule has 0 aromatic carbocycles. The molecule has 182 valence electrons. The van der Waals surface area contributed by atoms with Gasteiger partial charge in [-0.15, -0.1) is 6.58 Å². The first-order valence-corrected chi connectivity index (χ1v) is 15.5. The molecule has 0 aliphatic carbocycles. The van der Waals surface area contributed by atoms with Crippen LogP contribution in [0.15, 0.2) is 12.7 Å². The van der Waals surface area contributed by atoms with Crippen LogP contribution in [0.4, 0.5) is 0 Å². The molecule has 5 atom stereocenters. The molecule has 0 aromatic heterocycles. The summed E-state index contributed by atoms with van der Waals surface area (Å²) in [5.41, 5.74) is 0.850. The molecule has 9 heteroatoms. The van der Waals surface area contributed by atoms with Crippen molar-refractivity contribution in [2.24, 2.45) is 0 Å². The molecule has 0 amide bonds. The van der Waals surface area contributed by atoms with E-state index in [0.717, 1.165) is 0 Å². The van der Waals surface area contributed by atoms with Crippen LogP contribution in [0.1, 0.15) is 55.4 Å². The van der Waals surface area contributed by atoms with Crippen molar-refractivity contribution in [1.29, 1.82) is 0 Å². The first kappa shape index (κ1) is 27.1. The van der Waals surface area contributed by atoms with Crippen LogP contribution < -0.4 is 0 Å². The zero-order valence-corrected chi connectivity index (χ0v) is 22.8. The van der Waals surface area contributed by atoms with Crippen LogP contribution in [0, 0.1) is 0 Å². The molecule has 0 radical (unpaired) electrons. The molecular formula is C22H44O7Si2. The summed E-state index contributed by atoms with van der Waals surface area (Å²) in [4.78, 5) is 0. The van der Waals surface area contributed by atoms with Crippen molar-refractivity contribution in [3.8, 4) is 0 Å². The van der Waals surface area contributed by atoms with E-state index in [0.29, 0.717) is 13.2 Å². The van der Waals surface area contributed by atoms with E-state index in [9.17, 15) is 5.11 Å². The lowest BCUT2D eigenvalue weighted by Gasteiger charge is -2.55. The predicted molar refractivity (Wildman–Crippen MR) is 125 cm³/mol. The molecule has 0 unspecified atom stereocenters. The molecule has 0 spiro atoms. The Balaban J connectivity index is 2.59. The molecule has 7 nitrogen and oxygen atoms in total. The smallest absolute Gasteiger partial charge is 0.335 e. The van der Waals surface area contributed by atoms with Gasteiger partial charge in [0.15, 0.2) is 6.29 Å². The number of hydrogen-bond acceptors (Lipinski definition) is 7. The third kappa shape index (κ3) is 5.20. The van der Waals surface area contributed by atoms with Crippen LogP contribution in [-0.2, 0) is 27.2 Å². The molecule has 2 aliphatic heterocycles. The van der Waals surface area contributed by atoms with Crippen molar-refractivity contribution >= 4 is 17.1 Å². The number of aliphatic hydroxyl groups excluding tert-OH is 1. The largest absolute Gasteiger partial charge is 0.414 e. The van der Waals surface area contributed by atoms with Gasteiger partial charge >= 0.3 is 17.1 Å². The molecule has 0 bridgehead atoms. The summed E-state index contributed by atoms with van der Waals surface area (Å²) >= 11 is 0. The number of hydrogen-bond donors (Lipinski definition) is 1. The van der Waals surface area contributed by atoms with Crippen LogP contribution in [0.2, 0.25) is 22.2 Å². The van der Waals surface area contributed by atoms with E-state index < -0.39 is 47.8 Å². The van der Waals surface area contributed by atoms with Crippen molar-refractivity contribution in [1.82, 2.24) is 0 Å². The Morgan fingerprint density at radius 1 is 1.00 bits per heavy atom. The van der Waals surface area contributed by atoms with Gasteiger partial charge in [0.05, 0.1) is 13.2 Å². The minimum Gasteiger partial charge on any atom is -0.414 e. The van der Waals surface area contributed by atoms with Crippen molar-refractivity contribution in [3.05, 3.63) is 12.7 Å². The van der Waals surface area contributed by atoms with E-state index in [1.165, 1.54) is 7.11 Å². The van der Waals surface area contributed by atoms with Gasteiger partial charge in [-0.05, 0) is 22.2 Å². The monoisotopic (exact) mass is 476 g/mol. The second-order valence-corrected chi connectivity index (χ2v) is 18.8. The van der Waals surface area contributed by atoms with Gasteiger partial charge in [-0.2, -0.15) is 0 Å². The summed E-state index contributed by atoms with van der Waals surface area (Å²) in [5, 5.41) is 10.9. The van der Waals surface area contributed by atoms with E-state index in [1.807, 2.05) is 0 Å². The Kier molecular flexibility index (Phi) is 9.53. The van der Waals surface area contributed by atoms with Crippen molar-refractivity contribution in [2.45, 2.75) is 108 Å². The summed E-state index contributed by atoms with van der Waals surface area (Å²) in [5.74, 6) is 0. The molecule has 2 heterocycles. The van der Waals surface area contributed by atoms with Crippen LogP contribution in [0.5, 0.6) is 0 Å². The quantitative estimate of drug-likeness (QED) is 0.415. The van der Waals surface area contributed by atoms with Crippen molar-refractivity contribution < 1.29 is 32.3 Å². The molecule has 2 fully saturated rings. The van der Waals surface area contributed by atoms with Crippen molar-refractivity contribution in [3.63, 3.8) is 0 Å². The number of fused-ring (bicyclic) bond motifs is 1. The van der Waals surface area contributed by atoms with Crippen LogP contribution in [0.25, 0.3) is 0 Å². The summed E-state index contributed by atoms with van der Waals surface area (Å²) in [7, 11) is -3.97. The second-order valence-electron chi connectivity index (χ2n) is 9.91. The molecule has 31 heavy (non-hydrogen) atoms. The van der Waals surface area contributed by atoms with Crippen LogP contribution in [0.3, 0.4) is 0 Å². The van der Waals surface area contributed by atoms with E-state index in [4.69, 9.17) is 27.2 Å². The van der Waals surface area contributed by atoms with Crippen LogP contribution in [-0.4, -0.2) is 73.3 Å². The first-order valence-electron chi connectivity index (χ1n) is 11.6. The fourth-order valence-electron chi connectivity index (χ4n) is 4.87. The number of rotatable bonds is 8. The lowest BCUT2D eigenvalue weighted by Crippen LogP contribution is -2.70. The molecule has 2 saturated heterocycles. The topological polar surface area (TPSA) is 75.6 Å². The summed E-state index contributed by atoms with van der Waals surface area (Å²) in [6.45, 7) is 21.8. The van der Waals surface area contributed by atoms with Gasteiger partial charge in [-0.25, -0.2) is 0 Å². The second kappa shape index (κ2) is 10.9. The SMILES string of the molecule is C=CCO[C@@H]1[C@H](O)[C@@H](OC)O[C@@H]2CO[Si](C(C)C)(C(C)C)O[Si](C(C)C)(C(C)C)O[C@@H]12. The number of ether oxygens (including phenoxy) is 3. The van der Waals surface area contributed by atoms with E-state index >= 15 is 0 Å². The Hall–Kier alpha value is -0.106. The van der Waals surface area contributed by atoms with Crippen LogP contribution >= 0.6 is 0 Å². The average Bonchev–Trinajstić information content (AvgIpc) is 2.67. The third-order valence-electron chi connectivity index (χ3n) is 6.58. The zero-order valence-electron chi connectivity index (χ0n) is 20.8. The predicted octanol–water partition coefficient (Wildman–Crippen LogP) is 4.25. The minimum atomic E-state index is -2.83. The highest BCUT2D eigenvalue weighted by Gasteiger charge is 2.61. The number of methoxy groups -OCH3 is 1. The maximum absolute atomic E-state index is 10.9. The van der Waals surface area contributed by atoms with Gasteiger partial charge in [0, 0.05) is 7.11 Å². The molecule has 0 saturated carbocycles. The van der Waals surface area contributed by atoms with Crippen molar-refractivity contribution in [2.75, 3.05) is 20.3 Å². The molecule has 1 N–H and O–H groups in total. The average molecular weight is 477 g/mol.